The Balaban J connectivity index is 1.97. The van der Waals surface area contributed by atoms with Gasteiger partial charge >= 0.3 is 12.1 Å². The van der Waals surface area contributed by atoms with E-state index in [4.69, 9.17) is 0 Å². The molecule has 10 nitrogen and oxygen atoms in total. The number of hydrogen-bond donors (Lipinski definition) is 4. The lowest BCUT2D eigenvalue weighted by Crippen LogP contribution is -2.39. The third-order valence-corrected chi connectivity index (χ3v) is 5.81. The summed E-state index contributed by atoms with van der Waals surface area (Å²) in [6.07, 6.45) is 1.55. The molecule has 0 unspecified atom stereocenters. The topological polar surface area (TPSA) is 151 Å². The van der Waals surface area contributed by atoms with Crippen LogP contribution in [0.3, 0.4) is 0 Å². The van der Waals surface area contributed by atoms with E-state index in [9.17, 15) is 28.8 Å². The monoisotopic (exact) mass is 522 g/mol. The summed E-state index contributed by atoms with van der Waals surface area (Å²) < 4.78 is 0. The van der Waals surface area contributed by atoms with Gasteiger partial charge in [-0.1, -0.05) is 13.3 Å². The molecule has 0 heterocycles. The molecule has 0 spiro atoms. The Kier molecular flexibility index (Phi) is 10.9. The Morgan fingerprint density at radius 3 is 1.16 bits per heavy atom. The standard InChI is InChI=1S/C28H34N4O6/c1-6-7-20(14-29-27(37)31-25-10-21(16(2)33)8-22(11-25)17(3)34)15-30-28(38)32-26-12-23(18(4)35)9-24(13-26)19(5)36/h8-13,20H,6-7,14-15H2,1-5H3,(H2,29,31,37)(H2,30,32,38). The fourth-order valence-electron chi connectivity index (χ4n) is 3.72. The van der Waals surface area contributed by atoms with Crippen molar-refractivity contribution in [3.8, 4) is 0 Å². The number of ketones is 4. The Morgan fingerprint density at radius 1 is 0.579 bits per heavy atom. The van der Waals surface area contributed by atoms with Crippen molar-refractivity contribution in [1.29, 1.82) is 0 Å². The van der Waals surface area contributed by atoms with E-state index in [1.165, 1.54) is 64.1 Å². The van der Waals surface area contributed by atoms with Crippen LogP contribution in [0.1, 0.15) is 88.9 Å². The van der Waals surface area contributed by atoms with Gasteiger partial charge < -0.3 is 21.3 Å². The average molecular weight is 523 g/mol. The summed E-state index contributed by atoms with van der Waals surface area (Å²) >= 11 is 0. The number of amides is 4. The van der Waals surface area contributed by atoms with Gasteiger partial charge in [-0.2, -0.15) is 0 Å². The summed E-state index contributed by atoms with van der Waals surface area (Å²) in [5.74, 6) is -0.989. The predicted molar refractivity (Wildman–Crippen MR) is 145 cm³/mol. The molecule has 0 fully saturated rings. The second kappa shape index (κ2) is 13.8. The number of urea groups is 2. The third kappa shape index (κ3) is 9.27. The maximum absolute atomic E-state index is 12.5. The molecule has 0 aromatic heterocycles. The fourth-order valence-corrected chi connectivity index (χ4v) is 3.72. The van der Waals surface area contributed by atoms with E-state index < -0.39 is 12.1 Å². The molecular formula is C28H34N4O6. The minimum atomic E-state index is -0.511. The zero-order chi connectivity index (χ0) is 28.4. The molecule has 0 aliphatic carbocycles. The molecule has 0 radical (unpaired) electrons. The van der Waals surface area contributed by atoms with Crippen LogP contribution >= 0.6 is 0 Å². The molecule has 202 valence electrons. The Bertz CT molecular complexity index is 1100. The molecule has 0 saturated carbocycles. The molecule has 38 heavy (non-hydrogen) atoms. The van der Waals surface area contributed by atoms with Crippen molar-refractivity contribution in [1.82, 2.24) is 10.6 Å². The van der Waals surface area contributed by atoms with Crippen molar-refractivity contribution in [2.45, 2.75) is 47.5 Å². The number of carbonyl (C=O) groups is 6. The van der Waals surface area contributed by atoms with Gasteiger partial charge in [0, 0.05) is 46.7 Å². The first kappa shape index (κ1) is 29.9. The van der Waals surface area contributed by atoms with Crippen LogP contribution in [0, 0.1) is 5.92 Å². The van der Waals surface area contributed by atoms with Crippen molar-refractivity contribution < 1.29 is 28.8 Å². The summed E-state index contributed by atoms with van der Waals surface area (Å²) in [5, 5.41) is 10.8. The van der Waals surface area contributed by atoms with E-state index in [1.54, 1.807) is 0 Å². The summed E-state index contributed by atoms with van der Waals surface area (Å²) in [6.45, 7) is 8.03. The van der Waals surface area contributed by atoms with Crippen molar-refractivity contribution in [3.63, 3.8) is 0 Å². The summed E-state index contributed by atoms with van der Waals surface area (Å²) in [5.41, 5.74) is 1.91. The normalized spacial score (nSPS) is 10.5. The van der Waals surface area contributed by atoms with Crippen LogP contribution in [0.25, 0.3) is 0 Å². The van der Waals surface area contributed by atoms with Gasteiger partial charge in [0.05, 0.1) is 0 Å². The van der Waals surface area contributed by atoms with Gasteiger partial charge in [-0.05, 0) is 76.4 Å². The minimum absolute atomic E-state index is 0.0795. The lowest BCUT2D eigenvalue weighted by molar-refractivity contribution is 0.0998. The fraction of sp³-hybridized carbons (Fsp3) is 0.357. The van der Waals surface area contributed by atoms with Crippen LogP contribution in [0.2, 0.25) is 0 Å². The number of Topliss-reactive ketones (excluding diaryl/α,β-unsaturated/α-hetero) is 4. The maximum atomic E-state index is 12.5. The van der Waals surface area contributed by atoms with E-state index in [-0.39, 0.29) is 42.1 Å². The SMILES string of the molecule is CCCC(CNC(=O)Nc1cc(C(C)=O)cc(C(C)=O)c1)CNC(=O)Nc1cc(C(C)=O)cc(C(C)=O)c1. The number of hydrogen-bond acceptors (Lipinski definition) is 6. The van der Waals surface area contributed by atoms with Gasteiger partial charge in [-0.25, -0.2) is 9.59 Å². The molecule has 0 atom stereocenters. The van der Waals surface area contributed by atoms with Gasteiger partial charge in [-0.15, -0.1) is 0 Å². The van der Waals surface area contributed by atoms with Crippen molar-refractivity contribution >= 4 is 46.6 Å². The van der Waals surface area contributed by atoms with Gasteiger partial charge in [0.1, 0.15) is 0 Å². The zero-order valence-corrected chi connectivity index (χ0v) is 22.3. The highest BCUT2D eigenvalue weighted by atomic mass is 16.2. The van der Waals surface area contributed by atoms with Gasteiger partial charge in [0.25, 0.3) is 0 Å². The number of carbonyl (C=O) groups excluding carboxylic acids is 6. The predicted octanol–water partition coefficient (Wildman–Crippen LogP) is 4.86. The first-order valence-electron chi connectivity index (χ1n) is 12.3. The molecule has 4 amide bonds. The molecule has 0 aliphatic rings. The van der Waals surface area contributed by atoms with E-state index in [2.05, 4.69) is 21.3 Å². The summed E-state index contributed by atoms with van der Waals surface area (Å²) in [7, 11) is 0. The smallest absolute Gasteiger partial charge is 0.319 e. The van der Waals surface area contributed by atoms with Crippen LogP contribution in [0.4, 0.5) is 21.0 Å². The second-order valence-corrected chi connectivity index (χ2v) is 9.15. The number of rotatable bonds is 12. The largest absolute Gasteiger partial charge is 0.338 e. The molecular weight excluding hydrogens is 488 g/mol. The van der Waals surface area contributed by atoms with Crippen LogP contribution < -0.4 is 21.3 Å². The highest BCUT2D eigenvalue weighted by molar-refractivity contribution is 6.03. The van der Waals surface area contributed by atoms with Crippen molar-refractivity contribution in [2.24, 2.45) is 5.92 Å². The molecule has 2 aromatic carbocycles. The van der Waals surface area contributed by atoms with Gasteiger partial charge in [0.2, 0.25) is 0 Å². The van der Waals surface area contributed by atoms with Crippen molar-refractivity contribution in [3.05, 3.63) is 58.7 Å². The lowest BCUT2D eigenvalue weighted by atomic mass is 10.0. The quantitative estimate of drug-likeness (QED) is 0.292. The highest BCUT2D eigenvalue weighted by Crippen LogP contribution is 2.18. The van der Waals surface area contributed by atoms with E-state index in [1.807, 2.05) is 6.92 Å². The highest BCUT2D eigenvalue weighted by Gasteiger charge is 2.15. The zero-order valence-electron chi connectivity index (χ0n) is 22.3. The van der Waals surface area contributed by atoms with Crippen LogP contribution in [-0.2, 0) is 0 Å². The molecule has 0 bridgehead atoms. The maximum Gasteiger partial charge on any atom is 0.319 e. The average Bonchev–Trinajstić information content (AvgIpc) is 2.85. The van der Waals surface area contributed by atoms with E-state index in [0.717, 1.165) is 12.8 Å². The Labute approximate surface area is 221 Å². The van der Waals surface area contributed by atoms with E-state index in [0.29, 0.717) is 33.6 Å². The molecule has 10 heteroatoms. The molecule has 4 N–H and O–H groups in total. The first-order chi connectivity index (χ1) is 17.9. The van der Waals surface area contributed by atoms with Gasteiger partial charge in [-0.3, -0.25) is 19.2 Å². The second-order valence-electron chi connectivity index (χ2n) is 9.15. The minimum Gasteiger partial charge on any atom is -0.338 e. The van der Waals surface area contributed by atoms with Gasteiger partial charge in [0.15, 0.2) is 23.1 Å². The molecule has 2 rings (SSSR count). The third-order valence-electron chi connectivity index (χ3n) is 5.81. The number of nitrogens with one attached hydrogen (secondary N) is 4. The number of anilines is 2. The van der Waals surface area contributed by atoms with Crippen molar-refractivity contribution in [2.75, 3.05) is 23.7 Å². The summed E-state index contributed by atoms with van der Waals surface area (Å²) in [6, 6.07) is 7.96. The number of benzene rings is 2. The molecule has 2 aromatic rings. The molecule has 0 saturated heterocycles. The lowest BCUT2D eigenvalue weighted by Gasteiger charge is -2.18. The van der Waals surface area contributed by atoms with Crippen LogP contribution in [-0.4, -0.2) is 48.3 Å². The van der Waals surface area contributed by atoms with Crippen LogP contribution in [0.5, 0.6) is 0 Å². The van der Waals surface area contributed by atoms with E-state index >= 15 is 0 Å². The first-order valence-corrected chi connectivity index (χ1v) is 12.3. The Hall–Kier alpha value is -4.34. The Morgan fingerprint density at radius 2 is 0.895 bits per heavy atom. The summed E-state index contributed by atoms with van der Waals surface area (Å²) in [4.78, 5) is 72.1. The van der Waals surface area contributed by atoms with Crippen LogP contribution in [0.15, 0.2) is 36.4 Å². The molecule has 0 aliphatic heterocycles.